The molecule has 0 fully saturated rings. The molecule has 0 radical (unpaired) electrons. The lowest BCUT2D eigenvalue weighted by molar-refractivity contribution is -0.118. The lowest BCUT2D eigenvalue weighted by Crippen LogP contribution is -2.23. The van der Waals surface area contributed by atoms with Crippen LogP contribution in [0, 0.1) is 5.82 Å². The Morgan fingerprint density at radius 3 is 2.68 bits per heavy atom. The van der Waals surface area contributed by atoms with Gasteiger partial charge in [0.05, 0.1) is 17.2 Å². The smallest absolute Gasteiger partial charge is 0.261 e. The summed E-state index contributed by atoms with van der Waals surface area (Å²) in [4.78, 5) is 27.4. The quantitative estimate of drug-likeness (QED) is 0.743. The molecule has 6 nitrogen and oxygen atoms in total. The Hall–Kier alpha value is -3.22. The third kappa shape index (κ3) is 4.00. The average Bonchev–Trinajstić information content (AvgIpc) is 2.60. The normalized spacial score (nSPS) is 10.8. The third-order valence-corrected chi connectivity index (χ3v) is 3.71. The van der Waals surface area contributed by atoms with E-state index in [2.05, 4.69) is 4.98 Å². The zero-order chi connectivity index (χ0) is 17.8. The van der Waals surface area contributed by atoms with Crippen LogP contribution in [0.4, 0.5) is 4.39 Å². The van der Waals surface area contributed by atoms with Gasteiger partial charge in [-0.15, -0.1) is 0 Å². The van der Waals surface area contributed by atoms with Crippen LogP contribution in [0.5, 0.6) is 5.75 Å². The lowest BCUT2D eigenvalue weighted by Gasteiger charge is -2.08. The SMILES string of the molecule is NC(=O)CCn1cnc2cc(OCc3ccc(F)cc3)ccc2c1=O. The molecule has 0 unspecified atom stereocenters. The zero-order valence-corrected chi connectivity index (χ0v) is 13.3. The minimum atomic E-state index is -0.475. The number of benzene rings is 2. The van der Waals surface area contributed by atoms with Crippen molar-refractivity contribution in [1.82, 2.24) is 9.55 Å². The summed E-state index contributed by atoms with van der Waals surface area (Å²) in [5.74, 6) is -0.221. The molecule has 0 aliphatic carbocycles. The van der Waals surface area contributed by atoms with E-state index in [4.69, 9.17) is 10.5 Å². The minimum absolute atomic E-state index is 0.0754. The van der Waals surface area contributed by atoms with Crippen molar-refractivity contribution in [2.24, 2.45) is 5.73 Å². The second-order valence-electron chi connectivity index (χ2n) is 5.55. The Balaban J connectivity index is 1.78. The number of aromatic nitrogens is 2. The third-order valence-electron chi connectivity index (χ3n) is 3.71. The van der Waals surface area contributed by atoms with E-state index >= 15 is 0 Å². The van der Waals surface area contributed by atoms with Gasteiger partial charge in [0.25, 0.3) is 5.56 Å². The van der Waals surface area contributed by atoms with Crippen molar-refractivity contribution in [2.45, 2.75) is 19.6 Å². The van der Waals surface area contributed by atoms with E-state index in [1.807, 2.05) is 0 Å². The molecule has 2 aromatic carbocycles. The van der Waals surface area contributed by atoms with E-state index in [1.165, 1.54) is 23.0 Å². The number of hydrogen-bond donors (Lipinski definition) is 1. The van der Waals surface area contributed by atoms with Crippen LogP contribution in [-0.4, -0.2) is 15.5 Å². The van der Waals surface area contributed by atoms with Crippen LogP contribution >= 0.6 is 0 Å². The molecule has 0 saturated carbocycles. The van der Waals surface area contributed by atoms with E-state index in [1.54, 1.807) is 30.3 Å². The molecule has 0 atom stereocenters. The predicted molar refractivity (Wildman–Crippen MR) is 90.5 cm³/mol. The fourth-order valence-electron chi connectivity index (χ4n) is 2.37. The van der Waals surface area contributed by atoms with Crippen molar-refractivity contribution in [3.8, 4) is 5.75 Å². The van der Waals surface area contributed by atoms with E-state index in [-0.39, 0.29) is 30.9 Å². The first kappa shape index (κ1) is 16.6. The van der Waals surface area contributed by atoms with Crippen LogP contribution < -0.4 is 16.0 Å². The fourth-order valence-corrected chi connectivity index (χ4v) is 2.37. The largest absolute Gasteiger partial charge is 0.489 e. The summed E-state index contributed by atoms with van der Waals surface area (Å²) >= 11 is 0. The Kier molecular flexibility index (Phi) is 4.74. The molecule has 0 saturated heterocycles. The summed E-state index contributed by atoms with van der Waals surface area (Å²) in [5, 5.41) is 0.432. The first-order chi connectivity index (χ1) is 12.0. The predicted octanol–water partition coefficient (Wildman–Crippen LogP) is 1.99. The van der Waals surface area contributed by atoms with E-state index in [9.17, 15) is 14.0 Å². The van der Waals surface area contributed by atoms with Crippen LogP contribution in [0.1, 0.15) is 12.0 Å². The topological polar surface area (TPSA) is 87.2 Å². The van der Waals surface area contributed by atoms with E-state index in [0.717, 1.165) is 5.56 Å². The molecule has 3 aromatic rings. The highest BCUT2D eigenvalue weighted by atomic mass is 19.1. The number of carbonyl (C=O) groups is 1. The first-order valence-electron chi connectivity index (χ1n) is 7.68. The lowest BCUT2D eigenvalue weighted by atomic mass is 10.2. The zero-order valence-electron chi connectivity index (χ0n) is 13.3. The van der Waals surface area contributed by atoms with Gasteiger partial charge in [-0.2, -0.15) is 0 Å². The number of primary amides is 1. The maximum absolute atomic E-state index is 12.9. The van der Waals surface area contributed by atoms with Gasteiger partial charge in [-0.25, -0.2) is 9.37 Å². The van der Waals surface area contributed by atoms with Gasteiger partial charge in [-0.3, -0.25) is 14.2 Å². The molecule has 0 aliphatic rings. The van der Waals surface area contributed by atoms with Gasteiger partial charge in [0, 0.05) is 19.0 Å². The van der Waals surface area contributed by atoms with Crippen LogP contribution in [0.2, 0.25) is 0 Å². The number of aryl methyl sites for hydroxylation is 1. The Morgan fingerprint density at radius 1 is 1.20 bits per heavy atom. The number of fused-ring (bicyclic) bond motifs is 1. The second kappa shape index (κ2) is 7.12. The van der Waals surface area contributed by atoms with Gasteiger partial charge in [0.15, 0.2) is 0 Å². The van der Waals surface area contributed by atoms with Crippen molar-refractivity contribution < 1.29 is 13.9 Å². The summed E-state index contributed by atoms with van der Waals surface area (Å²) in [6, 6.07) is 11.0. The molecular weight excluding hydrogens is 325 g/mol. The number of hydrogen-bond acceptors (Lipinski definition) is 4. The molecule has 0 spiro atoms. The van der Waals surface area contributed by atoms with Crippen molar-refractivity contribution in [1.29, 1.82) is 0 Å². The maximum Gasteiger partial charge on any atom is 0.261 e. The summed E-state index contributed by atoms with van der Waals surface area (Å²) in [5.41, 5.74) is 6.19. The Bertz CT molecular complexity index is 967. The molecule has 7 heteroatoms. The number of carbonyl (C=O) groups excluding carboxylic acids is 1. The number of rotatable bonds is 6. The highest BCUT2D eigenvalue weighted by molar-refractivity contribution is 5.79. The molecule has 128 valence electrons. The number of halogens is 1. The molecule has 2 N–H and O–H groups in total. The second-order valence-corrected chi connectivity index (χ2v) is 5.55. The van der Waals surface area contributed by atoms with Crippen molar-refractivity contribution in [3.05, 3.63) is 70.5 Å². The molecule has 0 bridgehead atoms. The summed E-state index contributed by atoms with van der Waals surface area (Å²) in [7, 11) is 0. The number of nitrogens with zero attached hydrogens (tertiary/aromatic N) is 2. The number of ether oxygens (including phenoxy) is 1. The van der Waals surface area contributed by atoms with Crippen molar-refractivity contribution >= 4 is 16.8 Å². The summed E-state index contributed by atoms with van der Waals surface area (Å²) in [6.45, 7) is 0.474. The Labute approximate surface area is 142 Å². The van der Waals surface area contributed by atoms with Crippen LogP contribution in [0.25, 0.3) is 10.9 Å². The van der Waals surface area contributed by atoms with Crippen LogP contribution in [0.15, 0.2) is 53.6 Å². The number of nitrogens with two attached hydrogens (primary N) is 1. The van der Waals surface area contributed by atoms with Gasteiger partial charge < -0.3 is 10.5 Å². The van der Waals surface area contributed by atoms with Crippen molar-refractivity contribution in [3.63, 3.8) is 0 Å². The fraction of sp³-hybridized carbons (Fsp3) is 0.167. The summed E-state index contributed by atoms with van der Waals surface area (Å²) in [6.07, 6.45) is 1.46. The van der Waals surface area contributed by atoms with Gasteiger partial charge >= 0.3 is 0 Å². The molecule has 3 rings (SSSR count). The molecule has 1 amide bonds. The highest BCUT2D eigenvalue weighted by Crippen LogP contribution is 2.18. The van der Waals surface area contributed by atoms with Gasteiger partial charge in [0.2, 0.25) is 5.91 Å². The average molecular weight is 341 g/mol. The molecule has 1 heterocycles. The minimum Gasteiger partial charge on any atom is -0.489 e. The maximum atomic E-state index is 12.9. The van der Waals surface area contributed by atoms with E-state index < -0.39 is 5.91 Å². The van der Waals surface area contributed by atoms with Gasteiger partial charge in [-0.05, 0) is 29.8 Å². The standard InChI is InChI=1S/C18H16FN3O3/c19-13-3-1-12(2-4-13)10-25-14-5-6-15-16(9-14)21-11-22(18(15)24)8-7-17(20)23/h1-6,9,11H,7-8,10H2,(H2,20,23). The molecule has 1 aromatic heterocycles. The van der Waals surface area contributed by atoms with Crippen LogP contribution in [-0.2, 0) is 17.9 Å². The monoisotopic (exact) mass is 341 g/mol. The van der Waals surface area contributed by atoms with Gasteiger partial charge in [0.1, 0.15) is 18.2 Å². The highest BCUT2D eigenvalue weighted by Gasteiger charge is 2.07. The molecule has 25 heavy (non-hydrogen) atoms. The first-order valence-corrected chi connectivity index (χ1v) is 7.68. The van der Waals surface area contributed by atoms with Gasteiger partial charge in [-0.1, -0.05) is 12.1 Å². The van der Waals surface area contributed by atoms with E-state index in [0.29, 0.717) is 16.7 Å². The number of amides is 1. The van der Waals surface area contributed by atoms with Crippen molar-refractivity contribution in [2.75, 3.05) is 0 Å². The van der Waals surface area contributed by atoms with Crippen LogP contribution in [0.3, 0.4) is 0 Å². The summed E-state index contributed by atoms with van der Waals surface area (Å²) < 4.78 is 19.9. The molecule has 0 aliphatic heterocycles. The molecular formula is C18H16FN3O3. The Morgan fingerprint density at radius 2 is 1.96 bits per heavy atom.